The summed E-state index contributed by atoms with van der Waals surface area (Å²) in [7, 11) is -4.01. The van der Waals surface area contributed by atoms with E-state index in [4.69, 9.17) is 4.74 Å². The summed E-state index contributed by atoms with van der Waals surface area (Å²) < 4.78 is 72.8. The van der Waals surface area contributed by atoms with Gasteiger partial charge in [-0.2, -0.15) is 17.5 Å². The van der Waals surface area contributed by atoms with Crippen LogP contribution in [-0.4, -0.2) is 60.9 Å². The van der Waals surface area contributed by atoms with Crippen molar-refractivity contribution in [3.05, 3.63) is 39.8 Å². The molecule has 0 aliphatic carbocycles. The Morgan fingerprint density at radius 3 is 2.72 bits per heavy atom. The van der Waals surface area contributed by atoms with E-state index in [0.29, 0.717) is 30.8 Å². The number of rotatable bonds is 4. The Bertz CT molecular complexity index is 999. The summed E-state index contributed by atoms with van der Waals surface area (Å²) in [5, 5.41) is 0.551. The number of sulfonamides is 1. The number of hydrogen-bond donors (Lipinski definition) is 0. The smallest absolute Gasteiger partial charge is 0.416 e. The lowest BCUT2D eigenvalue weighted by molar-refractivity contribution is -0.137. The van der Waals surface area contributed by atoms with Crippen LogP contribution in [0, 0.1) is 0 Å². The molecular weight excluding hydrogens is 495 g/mol. The molecule has 2 aromatic rings. The van der Waals surface area contributed by atoms with Crippen molar-refractivity contribution in [1.29, 1.82) is 0 Å². The van der Waals surface area contributed by atoms with Crippen molar-refractivity contribution in [2.45, 2.75) is 29.6 Å². The first-order valence-electron chi connectivity index (χ1n) is 8.82. The van der Waals surface area contributed by atoms with Crippen LogP contribution in [-0.2, 0) is 16.2 Å². The largest absolute Gasteiger partial charge is 0.465 e. The molecule has 158 valence electrons. The number of hydrogen-bond acceptors (Lipinski definition) is 6. The van der Waals surface area contributed by atoms with Crippen LogP contribution in [0.3, 0.4) is 0 Å². The van der Waals surface area contributed by atoms with Crippen LogP contribution in [0.15, 0.2) is 39.1 Å². The van der Waals surface area contributed by atoms with Gasteiger partial charge in [0.1, 0.15) is 6.10 Å². The van der Waals surface area contributed by atoms with E-state index in [0.717, 1.165) is 15.9 Å². The average molecular weight is 512 g/mol. The van der Waals surface area contributed by atoms with Gasteiger partial charge in [-0.05, 0) is 34.1 Å². The second-order valence-corrected chi connectivity index (χ2v) is 11.3. The van der Waals surface area contributed by atoms with Crippen molar-refractivity contribution in [3.8, 4) is 5.19 Å². The molecule has 1 aromatic carbocycles. The van der Waals surface area contributed by atoms with Gasteiger partial charge < -0.3 is 4.74 Å². The number of ether oxygens (including phenoxy) is 1. The number of fused-ring (bicyclic) bond motifs is 1. The average Bonchev–Trinajstić information content (AvgIpc) is 3.25. The Hall–Kier alpha value is -1.21. The quantitative estimate of drug-likeness (QED) is 0.629. The maximum Gasteiger partial charge on any atom is 0.416 e. The zero-order valence-electron chi connectivity index (χ0n) is 15.0. The van der Waals surface area contributed by atoms with Crippen molar-refractivity contribution in [3.63, 3.8) is 0 Å². The van der Waals surface area contributed by atoms with E-state index in [-0.39, 0.29) is 30.1 Å². The Morgan fingerprint density at radius 2 is 2.03 bits per heavy atom. The number of alkyl halides is 3. The minimum Gasteiger partial charge on any atom is -0.465 e. The normalized spacial score (nSPS) is 23.9. The summed E-state index contributed by atoms with van der Waals surface area (Å²) in [6, 6.07) is 3.85. The van der Waals surface area contributed by atoms with Crippen LogP contribution in [0.5, 0.6) is 5.19 Å². The van der Waals surface area contributed by atoms with E-state index in [1.54, 1.807) is 6.20 Å². The number of thiazole rings is 1. The van der Waals surface area contributed by atoms with E-state index in [1.165, 1.54) is 21.7 Å². The van der Waals surface area contributed by atoms with Gasteiger partial charge in [0, 0.05) is 38.6 Å². The molecular formula is C17H17BrF3N3O3S2. The summed E-state index contributed by atoms with van der Waals surface area (Å²) in [5.74, 6) is 0. The van der Waals surface area contributed by atoms with E-state index in [1.807, 2.05) is 0 Å². The zero-order valence-corrected chi connectivity index (χ0v) is 18.2. The molecule has 1 aromatic heterocycles. The Labute approximate surface area is 178 Å². The summed E-state index contributed by atoms with van der Waals surface area (Å²) in [6.07, 6.45) is -2.41. The second-order valence-electron chi connectivity index (χ2n) is 6.94. The van der Waals surface area contributed by atoms with Gasteiger partial charge in [0.25, 0.3) is 5.19 Å². The topological polar surface area (TPSA) is 62.7 Å². The van der Waals surface area contributed by atoms with E-state index in [2.05, 4.69) is 25.8 Å². The maximum atomic E-state index is 13.0. The molecule has 0 unspecified atom stereocenters. The molecule has 2 fully saturated rings. The summed E-state index contributed by atoms with van der Waals surface area (Å²) in [6.45, 7) is 1.62. The lowest BCUT2D eigenvalue weighted by Crippen LogP contribution is -2.51. The first kappa shape index (κ1) is 21.0. The maximum absolute atomic E-state index is 13.0. The predicted molar refractivity (Wildman–Crippen MR) is 104 cm³/mol. The third-order valence-corrected chi connectivity index (χ3v) is 8.29. The van der Waals surface area contributed by atoms with Crippen LogP contribution in [0.2, 0.25) is 0 Å². The Morgan fingerprint density at radius 1 is 1.24 bits per heavy atom. The third kappa shape index (κ3) is 4.46. The number of piperazine rings is 1. The highest BCUT2D eigenvalue weighted by Crippen LogP contribution is 2.33. The Kier molecular flexibility index (Phi) is 5.66. The second kappa shape index (κ2) is 7.80. The molecule has 0 amide bonds. The highest BCUT2D eigenvalue weighted by atomic mass is 79.9. The van der Waals surface area contributed by atoms with Gasteiger partial charge in [0.05, 0.1) is 20.4 Å². The SMILES string of the molecule is O=S(=O)(c1cccc(C(F)(F)F)c1)N1CCN2C[C@@H](Oc3ncc(Br)s3)C[C@H]2C1. The van der Waals surface area contributed by atoms with Crippen molar-refractivity contribution in [2.24, 2.45) is 0 Å². The molecule has 2 saturated heterocycles. The zero-order chi connectivity index (χ0) is 20.8. The van der Waals surface area contributed by atoms with Gasteiger partial charge in [-0.15, -0.1) is 0 Å². The number of nitrogens with zero attached hydrogens (tertiary/aromatic N) is 3. The van der Waals surface area contributed by atoms with Gasteiger partial charge >= 0.3 is 6.18 Å². The summed E-state index contributed by atoms with van der Waals surface area (Å²) >= 11 is 4.71. The summed E-state index contributed by atoms with van der Waals surface area (Å²) in [5.41, 5.74) is -0.971. The van der Waals surface area contributed by atoms with E-state index in [9.17, 15) is 21.6 Å². The number of aromatic nitrogens is 1. The standard InChI is InChI=1S/C17H17BrF3N3O3S2/c18-15-8-22-16(28-15)27-13-7-12-9-24(5-4-23(12)10-13)29(25,26)14-3-1-2-11(6-14)17(19,20)21/h1-3,6,8,12-13H,4-5,7,9-10H2/t12-,13-/m0/s1. The molecule has 29 heavy (non-hydrogen) atoms. The van der Waals surface area contributed by atoms with Crippen LogP contribution in [0.1, 0.15) is 12.0 Å². The molecule has 0 spiro atoms. The molecule has 3 heterocycles. The van der Waals surface area contributed by atoms with E-state index >= 15 is 0 Å². The molecule has 2 aliphatic heterocycles. The van der Waals surface area contributed by atoms with Crippen molar-refractivity contribution in [1.82, 2.24) is 14.2 Å². The van der Waals surface area contributed by atoms with Crippen molar-refractivity contribution in [2.75, 3.05) is 26.2 Å². The van der Waals surface area contributed by atoms with Crippen molar-refractivity contribution >= 4 is 37.3 Å². The minimum atomic E-state index is -4.59. The summed E-state index contributed by atoms with van der Waals surface area (Å²) in [4.78, 5) is 5.98. The fourth-order valence-corrected chi connectivity index (χ4v) is 6.28. The molecule has 0 radical (unpaired) electrons. The fraction of sp³-hybridized carbons (Fsp3) is 0.471. The lowest BCUT2D eigenvalue weighted by Gasteiger charge is -2.36. The van der Waals surface area contributed by atoms with Crippen LogP contribution in [0.25, 0.3) is 0 Å². The molecule has 0 N–H and O–H groups in total. The van der Waals surface area contributed by atoms with Crippen LogP contribution < -0.4 is 4.74 Å². The lowest BCUT2D eigenvalue weighted by atomic mass is 10.2. The molecule has 0 bridgehead atoms. The van der Waals surface area contributed by atoms with Gasteiger partial charge in [-0.3, -0.25) is 4.90 Å². The molecule has 2 aliphatic rings. The first-order valence-corrected chi connectivity index (χ1v) is 11.9. The number of benzene rings is 1. The van der Waals surface area contributed by atoms with E-state index < -0.39 is 21.8 Å². The third-order valence-electron chi connectivity index (χ3n) is 5.06. The van der Waals surface area contributed by atoms with Crippen LogP contribution >= 0.6 is 27.3 Å². The predicted octanol–water partition coefficient (Wildman–Crippen LogP) is 3.45. The Balaban J connectivity index is 1.46. The molecule has 6 nitrogen and oxygen atoms in total. The highest BCUT2D eigenvalue weighted by Gasteiger charge is 2.41. The van der Waals surface area contributed by atoms with Gasteiger partial charge in [0.2, 0.25) is 10.0 Å². The van der Waals surface area contributed by atoms with Crippen molar-refractivity contribution < 1.29 is 26.3 Å². The highest BCUT2D eigenvalue weighted by molar-refractivity contribution is 9.11. The fourth-order valence-electron chi connectivity index (χ4n) is 3.69. The molecule has 4 rings (SSSR count). The minimum absolute atomic E-state index is 0.0438. The first-order chi connectivity index (χ1) is 13.6. The van der Waals surface area contributed by atoms with Gasteiger partial charge in [-0.1, -0.05) is 17.4 Å². The van der Waals surface area contributed by atoms with Gasteiger partial charge in [0.15, 0.2) is 0 Å². The van der Waals surface area contributed by atoms with Crippen LogP contribution in [0.4, 0.5) is 13.2 Å². The molecule has 2 atom stereocenters. The molecule has 12 heteroatoms. The monoisotopic (exact) mass is 511 g/mol. The van der Waals surface area contributed by atoms with Gasteiger partial charge in [-0.25, -0.2) is 13.4 Å². The number of halogens is 4. The molecule has 0 saturated carbocycles.